The van der Waals surface area contributed by atoms with Gasteiger partial charge in [0.05, 0.1) is 7.85 Å². The number of carboxylic acids is 1. The molecule has 1 aromatic rings. The average Bonchev–Trinajstić information content (AvgIpc) is 2.06. The van der Waals surface area contributed by atoms with Crippen LogP contribution in [0, 0.1) is 12.5 Å². The summed E-state index contributed by atoms with van der Waals surface area (Å²) >= 11 is 0. The molecule has 0 unspecified atom stereocenters. The summed E-state index contributed by atoms with van der Waals surface area (Å²) in [6, 6.07) is 10.0. The van der Waals surface area contributed by atoms with E-state index in [2.05, 4.69) is 6.07 Å². The molecule has 1 aromatic carbocycles. The molecular weight excluding hydrogens is 252 g/mol. The third-order valence-corrected chi connectivity index (χ3v) is 1.12. The maximum atomic E-state index is 9.54. The molecule has 0 fully saturated rings. The zero-order chi connectivity index (χ0) is 10.1. The molecule has 0 aliphatic carbocycles. The van der Waals surface area contributed by atoms with Crippen LogP contribution in [-0.2, 0) is 37.5 Å². The number of aliphatic carboxylic acids is 1. The fourth-order valence-corrected chi connectivity index (χ4v) is 0.574. The number of hydrogen-bond donors (Lipinski definition) is 1. The van der Waals surface area contributed by atoms with Gasteiger partial charge in [-0.2, -0.15) is 36.8 Å². The van der Waals surface area contributed by atoms with Crippen molar-refractivity contribution in [1.82, 2.24) is 0 Å². The molecule has 0 atom stereocenters. The fraction of sp³-hybridized carbons (Fsp3) is 0.200. The minimum Gasteiger partial charge on any atom is -0.503 e. The second-order valence-electron chi connectivity index (χ2n) is 2.28. The van der Waals surface area contributed by atoms with Crippen molar-refractivity contribution in [3.8, 4) is 0 Å². The van der Waals surface area contributed by atoms with Gasteiger partial charge in [0, 0.05) is 32.7 Å². The van der Waals surface area contributed by atoms with Crippen molar-refractivity contribution in [1.29, 1.82) is 0 Å². The van der Waals surface area contributed by atoms with Crippen molar-refractivity contribution < 1.29 is 42.6 Å². The van der Waals surface area contributed by atoms with Gasteiger partial charge in [0.1, 0.15) is 0 Å². The van der Waals surface area contributed by atoms with Crippen LogP contribution in [0.3, 0.4) is 0 Å². The van der Waals surface area contributed by atoms with Gasteiger partial charge in [0.15, 0.2) is 5.97 Å². The summed E-state index contributed by atoms with van der Waals surface area (Å²) in [6.07, 6.45) is 1.81. The van der Waals surface area contributed by atoms with E-state index in [1.54, 1.807) is 31.2 Å². The molecule has 4 heteroatoms. The number of hydrogen-bond acceptors (Lipinski definition) is 1. The van der Waals surface area contributed by atoms with Crippen LogP contribution < -0.4 is 5.46 Å². The quantitative estimate of drug-likeness (QED) is 0.637. The molecule has 0 spiro atoms. The number of benzene rings is 1. The summed E-state index contributed by atoms with van der Waals surface area (Å²) in [5, 5.41) is 7.86. The Morgan fingerprint density at radius 3 is 2.21 bits per heavy atom. The predicted molar refractivity (Wildman–Crippen MR) is 52.9 cm³/mol. The molecule has 0 aliphatic rings. The molecule has 0 aromatic heterocycles. The Morgan fingerprint density at radius 1 is 1.57 bits per heavy atom. The normalized spacial score (nSPS) is 7.50. The van der Waals surface area contributed by atoms with E-state index >= 15 is 0 Å². The summed E-state index contributed by atoms with van der Waals surface area (Å²) in [6.45, 7) is 1.79. The minimum absolute atomic E-state index is 0. The van der Waals surface area contributed by atoms with Gasteiger partial charge in [-0.25, -0.2) is 5.46 Å². The summed E-state index contributed by atoms with van der Waals surface area (Å²) in [5.41, 5.74) is 0.791. The molecule has 0 amide bonds. The van der Waals surface area contributed by atoms with Crippen LogP contribution in [0.1, 0.15) is 13.3 Å². The Morgan fingerprint density at radius 2 is 2.07 bits per heavy atom. The molecule has 0 heterocycles. The molecule has 2 nitrogen and oxygen atoms in total. The second kappa shape index (κ2) is 10.8. The molecule has 1 rings (SSSR count). The Bertz CT molecular complexity index is 239. The van der Waals surface area contributed by atoms with Crippen LogP contribution >= 0.6 is 0 Å². The molecule has 0 bridgehead atoms. The van der Waals surface area contributed by atoms with Crippen LogP contribution in [0.5, 0.6) is 0 Å². The maximum absolute atomic E-state index is 9.54. The molecule has 1 N–H and O–H groups in total. The first-order chi connectivity index (χ1) is 6.16. The van der Waals surface area contributed by atoms with Crippen molar-refractivity contribution in [2.24, 2.45) is 0 Å². The Hall–Kier alpha value is -0.271. The van der Waals surface area contributed by atoms with E-state index in [1.807, 2.05) is 0 Å². The van der Waals surface area contributed by atoms with Gasteiger partial charge in [0.2, 0.25) is 0 Å². The maximum Gasteiger partial charge on any atom is 0.163 e. The molecule has 14 heavy (non-hydrogen) atoms. The van der Waals surface area contributed by atoms with Gasteiger partial charge < -0.3 is 5.11 Å². The van der Waals surface area contributed by atoms with Gasteiger partial charge >= 0.3 is 0 Å². The van der Waals surface area contributed by atoms with E-state index in [0.29, 0.717) is 6.42 Å². The van der Waals surface area contributed by atoms with Gasteiger partial charge in [-0.05, 0) is 0 Å². The Labute approximate surface area is 111 Å². The Balaban J connectivity index is 0. The number of rotatable bonds is 2. The minimum atomic E-state index is -0.836. The van der Waals surface area contributed by atoms with E-state index in [9.17, 15) is 4.79 Å². The molecular formula is C10H11BO2Y-2. The second-order valence-corrected chi connectivity index (χ2v) is 2.28. The topological polar surface area (TPSA) is 37.3 Å². The van der Waals surface area contributed by atoms with Crippen molar-refractivity contribution >= 4 is 19.3 Å². The Kier molecular flexibility index (Phi) is 12.5. The molecule has 3 radical (unpaired) electrons. The van der Waals surface area contributed by atoms with Crippen LogP contribution in [-0.4, -0.2) is 18.9 Å². The van der Waals surface area contributed by atoms with E-state index in [1.165, 1.54) is 6.42 Å². The predicted octanol–water partition coefficient (Wildman–Crippen LogP) is 0.963. The number of carboxylic acid groups (broad SMARTS) is 1. The zero-order valence-electron chi connectivity index (χ0n) is 8.10. The van der Waals surface area contributed by atoms with Crippen molar-refractivity contribution in [3.63, 3.8) is 0 Å². The number of carbonyl (C=O) groups is 1. The summed E-state index contributed by atoms with van der Waals surface area (Å²) in [4.78, 5) is 9.54. The van der Waals surface area contributed by atoms with Crippen LogP contribution in [0.25, 0.3) is 0 Å². The fourth-order valence-electron chi connectivity index (χ4n) is 0.574. The SMILES string of the molecule is CC[CH-]C(=O)O.[B]c1cc[c-]cc1.[Y]. The van der Waals surface area contributed by atoms with Gasteiger partial charge in [-0.1, -0.05) is 6.92 Å². The third kappa shape index (κ3) is 11.7. The molecule has 0 saturated heterocycles. The molecule has 71 valence electrons. The van der Waals surface area contributed by atoms with E-state index < -0.39 is 5.97 Å². The van der Waals surface area contributed by atoms with E-state index in [0.717, 1.165) is 5.46 Å². The van der Waals surface area contributed by atoms with Crippen LogP contribution in [0.15, 0.2) is 24.3 Å². The average molecular weight is 263 g/mol. The van der Waals surface area contributed by atoms with E-state index in [4.69, 9.17) is 13.0 Å². The van der Waals surface area contributed by atoms with E-state index in [-0.39, 0.29) is 32.7 Å². The van der Waals surface area contributed by atoms with Crippen LogP contribution in [0.4, 0.5) is 0 Å². The smallest absolute Gasteiger partial charge is 0.163 e. The van der Waals surface area contributed by atoms with Gasteiger partial charge in [-0.3, -0.25) is 11.2 Å². The van der Waals surface area contributed by atoms with Gasteiger partial charge in [0.25, 0.3) is 0 Å². The first-order valence-electron chi connectivity index (χ1n) is 3.94. The zero-order valence-corrected chi connectivity index (χ0v) is 10.9. The first kappa shape index (κ1) is 16.2. The third-order valence-electron chi connectivity index (χ3n) is 1.12. The van der Waals surface area contributed by atoms with Gasteiger partial charge in [-0.15, -0.1) is 0 Å². The van der Waals surface area contributed by atoms with Crippen LogP contribution in [0.2, 0.25) is 0 Å². The monoisotopic (exact) mass is 263 g/mol. The summed E-state index contributed by atoms with van der Waals surface area (Å²) in [7, 11) is 5.34. The van der Waals surface area contributed by atoms with Crippen molar-refractivity contribution in [2.45, 2.75) is 13.3 Å². The summed E-state index contributed by atoms with van der Waals surface area (Å²) in [5.74, 6) is -0.836. The molecule has 0 aliphatic heterocycles. The van der Waals surface area contributed by atoms with Crippen molar-refractivity contribution in [3.05, 3.63) is 36.8 Å². The largest absolute Gasteiger partial charge is 0.503 e. The van der Waals surface area contributed by atoms with Crippen molar-refractivity contribution in [2.75, 3.05) is 0 Å². The first-order valence-corrected chi connectivity index (χ1v) is 3.94. The standard InChI is InChI=1S/C6H4B.C4H7O2.Y/c7-6-4-2-1-3-5-6;1-2-3-4(5)6;/h2-5H;3H,2H2,1H3,(H,5,6);/q2*-1;. The molecule has 0 saturated carbocycles. The summed E-state index contributed by atoms with van der Waals surface area (Å²) < 4.78 is 0.